The molecule has 0 bridgehead atoms. The molecule has 114 valence electrons. The average Bonchev–Trinajstić information content (AvgIpc) is 2.79. The van der Waals surface area contributed by atoms with E-state index in [0.29, 0.717) is 23.2 Å². The van der Waals surface area contributed by atoms with Gasteiger partial charge in [0, 0.05) is 20.2 Å². The SMILES string of the molecule is C[Si](C)(C)CCOCc1c(O)cnc2[nH]nc(C(=O)O)c12. The van der Waals surface area contributed by atoms with E-state index in [1.165, 1.54) is 6.20 Å². The van der Waals surface area contributed by atoms with E-state index in [2.05, 4.69) is 34.8 Å². The Morgan fingerprint density at radius 1 is 1.43 bits per heavy atom. The maximum Gasteiger partial charge on any atom is 0.357 e. The number of carboxylic acid groups (broad SMARTS) is 1. The number of pyridine rings is 1. The van der Waals surface area contributed by atoms with Crippen LogP contribution >= 0.6 is 0 Å². The van der Waals surface area contributed by atoms with Crippen LogP contribution in [0.15, 0.2) is 6.20 Å². The number of ether oxygens (including phenoxy) is 1. The zero-order valence-electron chi connectivity index (χ0n) is 12.3. The third kappa shape index (κ3) is 3.59. The fourth-order valence-corrected chi connectivity index (χ4v) is 2.65. The fraction of sp³-hybridized carbons (Fsp3) is 0.462. The van der Waals surface area contributed by atoms with E-state index in [1.54, 1.807) is 0 Å². The summed E-state index contributed by atoms with van der Waals surface area (Å²) < 4.78 is 5.60. The van der Waals surface area contributed by atoms with Gasteiger partial charge in [0.25, 0.3) is 0 Å². The molecule has 21 heavy (non-hydrogen) atoms. The lowest BCUT2D eigenvalue weighted by Gasteiger charge is -2.15. The molecule has 2 aromatic heterocycles. The van der Waals surface area contributed by atoms with Crippen LogP contribution in [0.5, 0.6) is 5.75 Å². The third-order valence-corrected chi connectivity index (χ3v) is 4.82. The van der Waals surface area contributed by atoms with E-state index in [4.69, 9.17) is 9.84 Å². The van der Waals surface area contributed by atoms with Crippen LogP contribution in [0.4, 0.5) is 0 Å². The Balaban J connectivity index is 2.24. The number of nitrogens with one attached hydrogen (secondary N) is 1. The van der Waals surface area contributed by atoms with E-state index in [-0.39, 0.29) is 18.1 Å². The molecule has 0 saturated heterocycles. The molecule has 0 spiro atoms. The average molecular weight is 309 g/mol. The van der Waals surface area contributed by atoms with Crippen LogP contribution in [0.25, 0.3) is 11.0 Å². The molecule has 0 unspecified atom stereocenters. The smallest absolute Gasteiger partial charge is 0.357 e. The van der Waals surface area contributed by atoms with Gasteiger partial charge < -0.3 is 14.9 Å². The lowest BCUT2D eigenvalue weighted by atomic mass is 10.1. The molecule has 0 atom stereocenters. The van der Waals surface area contributed by atoms with Gasteiger partial charge in [-0.2, -0.15) is 5.10 Å². The van der Waals surface area contributed by atoms with Crippen molar-refractivity contribution in [2.45, 2.75) is 32.3 Å². The number of hydrogen-bond donors (Lipinski definition) is 3. The van der Waals surface area contributed by atoms with Crippen molar-refractivity contribution >= 4 is 25.1 Å². The number of aromatic hydroxyl groups is 1. The molecule has 0 radical (unpaired) electrons. The first-order valence-electron chi connectivity index (χ1n) is 6.65. The van der Waals surface area contributed by atoms with Gasteiger partial charge in [0.1, 0.15) is 5.75 Å². The number of aromatic amines is 1. The van der Waals surface area contributed by atoms with Crippen molar-refractivity contribution in [2.24, 2.45) is 0 Å². The summed E-state index contributed by atoms with van der Waals surface area (Å²) in [6.45, 7) is 7.46. The second-order valence-electron chi connectivity index (χ2n) is 6.09. The lowest BCUT2D eigenvalue weighted by Crippen LogP contribution is -2.21. The molecule has 0 aliphatic carbocycles. The number of H-pyrrole nitrogens is 1. The summed E-state index contributed by atoms with van der Waals surface area (Å²) in [4.78, 5) is 15.1. The summed E-state index contributed by atoms with van der Waals surface area (Å²) in [5.41, 5.74) is 0.577. The molecule has 0 amide bonds. The number of aromatic nitrogens is 3. The molecule has 2 aromatic rings. The first kappa shape index (κ1) is 15.5. The number of aromatic carboxylic acids is 1. The van der Waals surface area contributed by atoms with Crippen molar-refractivity contribution in [1.29, 1.82) is 0 Å². The summed E-state index contributed by atoms with van der Waals surface area (Å²) in [7, 11) is -1.19. The van der Waals surface area contributed by atoms with Crippen molar-refractivity contribution in [1.82, 2.24) is 15.2 Å². The van der Waals surface area contributed by atoms with Crippen LogP contribution in [0.3, 0.4) is 0 Å². The third-order valence-electron chi connectivity index (χ3n) is 3.12. The number of nitrogens with zero attached hydrogens (tertiary/aromatic N) is 2. The van der Waals surface area contributed by atoms with E-state index in [9.17, 15) is 9.90 Å². The zero-order chi connectivity index (χ0) is 15.6. The number of hydrogen-bond acceptors (Lipinski definition) is 5. The maximum absolute atomic E-state index is 11.2. The Bertz CT molecular complexity index is 663. The van der Waals surface area contributed by atoms with Gasteiger partial charge in [-0.3, -0.25) is 5.10 Å². The molecule has 7 nitrogen and oxygen atoms in total. The highest BCUT2D eigenvalue weighted by Gasteiger charge is 2.20. The van der Waals surface area contributed by atoms with Crippen molar-refractivity contribution in [2.75, 3.05) is 6.61 Å². The van der Waals surface area contributed by atoms with Crippen LogP contribution in [-0.4, -0.2) is 46.0 Å². The zero-order valence-corrected chi connectivity index (χ0v) is 13.3. The van der Waals surface area contributed by atoms with Crippen LogP contribution in [0.2, 0.25) is 25.7 Å². The van der Waals surface area contributed by atoms with Crippen LogP contribution in [-0.2, 0) is 11.3 Å². The highest BCUT2D eigenvalue weighted by Crippen LogP contribution is 2.27. The molecule has 2 heterocycles. The lowest BCUT2D eigenvalue weighted by molar-refractivity contribution is 0.0692. The summed E-state index contributed by atoms with van der Waals surface area (Å²) in [5.74, 6) is -1.25. The molecule has 0 fully saturated rings. The summed E-state index contributed by atoms with van der Waals surface area (Å²) in [6, 6.07) is 0.999. The van der Waals surface area contributed by atoms with E-state index in [0.717, 1.165) is 6.04 Å². The number of carbonyl (C=O) groups is 1. The Hall–Kier alpha value is -1.93. The topological polar surface area (TPSA) is 108 Å². The van der Waals surface area contributed by atoms with Gasteiger partial charge in [0.2, 0.25) is 0 Å². The van der Waals surface area contributed by atoms with E-state index in [1.807, 2.05) is 0 Å². The monoisotopic (exact) mass is 309 g/mol. The molecule has 0 saturated carbocycles. The quantitative estimate of drug-likeness (QED) is 0.557. The molecule has 0 aliphatic heterocycles. The molecular formula is C13H19N3O4Si. The van der Waals surface area contributed by atoms with Gasteiger partial charge in [-0.25, -0.2) is 9.78 Å². The Kier molecular flexibility index (Phi) is 4.28. The minimum Gasteiger partial charge on any atom is -0.506 e. The Labute approximate surface area is 123 Å². The molecule has 3 N–H and O–H groups in total. The second kappa shape index (κ2) is 5.82. The van der Waals surface area contributed by atoms with Crippen LogP contribution < -0.4 is 0 Å². The van der Waals surface area contributed by atoms with Gasteiger partial charge in [-0.05, 0) is 6.04 Å². The standard InChI is InChI=1S/C13H19N3O4Si/c1-21(2,3)5-4-20-7-8-9(17)6-14-12-10(8)11(13(18)19)15-16-12/h6,17H,4-5,7H2,1-3H3,(H,18,19)(H,14,15,16). The first-order chi connectivity index (χ1) is 9.79. The number of fused-ring (bicyclic) bond motifs is 1. The van der Waals surface area contributed by atoms with Gasteiger partial charge in [-0.15, -0.1) is 0 Å². The first-order valence-corrected chi connectivity index (χ1v) is 10.4. The van der Waals surface area contributed by atoms with E-state index < -0.39 is 14.0 Å². The number of carboxylic acids is 1. The van der Waals surface area contributed by atoms with Crippen molar-refractivity contribution in [3.05, 3.63) is 17.5 Å². The van der Waals surface area contributed by atoms with Gasteiger partial charge in [-0.1, -0.05) is 19.6 Å². The highest BCUT2D eigenvalue weighted by molar-refractivity contribution is 6.76. The molecule has 0 aliphatic rings. The van der Waals surface area contributed by atoms with Crippen LogP contribution in [0, 0.1) is 0 Å². The fourth-order valence-electron chi connectivity index (χ4n) is 1.90. The molecule has 8 heteroatoms. The number of rotatable bonds is 6. The summed E-state index contributed by atoms with van der Waals surface area (Å²) in [6.07, 6.45) is 1.27. The predicted molar refractivity (Wildman–Crippen MR) is 80.3 cm³/mol. The largest absolute Gasteiger partial charge is 0.506 e. The highest BCUT2D eigenvalue weighted by atomic mass is 28.3. The Morgan fingerprint density at radius 3 is 2.76 bits per heavy atom. The second-order valence-corrected chi connectivity index (χ2v) is 11.7. The van der Waals surface area contributed by atoms with Gasteiger partial charge >= 0.3 is 5.97 Å². The molecule has 0 aromatic carbocycles. The van der Waals surface area contributed by atoms with Crippen molar-refractivity contribution in [3.63, 3.8) is 0 Å². The summed E-state index contributed by atoms with van der Waals surface area (Å²) >= 11 is 0. The molecular weight excluding hydrogens is 290 g/mol. The normalized spacial score (nSPS) is 12.0. The van der Waals surface area contributed by atoms with Gasteiger partial charge in [0.15, 0.2) is 11.3 Å². The predicted octanol–water partition coefficient (Wildman–Crippen LogP) is 2.22. The van der Waals surface area contributed by atoms with Crippen LogP contribution in [0.1, 0.15) is 16.1 Å². The van der Waals surface area contributed by atoms with Crippen molar-refractivity contribution < 1.29 is 19.7 Å². The van der Waals surface area contributed by atoms with E-state index >= 15 is 0 Å². The maximum atomic E-state index is 11.2. The minimum absolute atomic E-state index is 0.0839. The van der Waals surface area contributed by atoms with Crippen molar-refractivity contribution in [3.8, 4) is 5.75 Å². The molecule has 2 rings (SSSR count). The summed E-state index contributed by atoms with van der Waals surface area (Å²) in [5, 5.41) is 25.6. The Morgan fingerprint density at radius 2 is 2.14 bits per heavy atom. The minimum atomic E-state index is -1.19. The van der Waals surface area contributed by atoms with Gasteiger partial charge in [0.05, 0.1) is 18.2 Å².